The van der Waals surface area contributed by atoms with Crippen LogP contribution < -0.4 is 4.74 Å². The molecule has 0 amide bonds. The van der Waals surface area contributed by atoms with Crippen molar-refractivity contribution in [2.75, 3.05) is 6.61 Å². The maximum atomic E-state index is 10.4. The fourth-order valence-electron chi connectivity index (χ4n) is 2.07. The molecule has 0 fully saturated rings. The lowest BCUT2D eigenvalue weighted by Crippen LogP contribution is -1.99. The van der Waals surface area contributed by atoms with E-state index in [4.69, 9.17) is 9.84 Å². The first-order chi connectivity index (χ1) is 9.16. The number of fused-ring (bicyclic) bond motifs is 1. The number of aromatic nitrogens is 1. The lowest BCUT2D eigenvalue weighted by Gasteiger charge is -2.06. The van der Waals surface area contributed by atoms with Crippen LogP contribution in [0.3, 0.4) is 0 Å². The van der Waals surface area contributed by atoms with Crippen LogP contribution in [0.25, 0.3) is 10.9 Å². The highest BCUT2D eigenvalue weighted by molar-refractivity contribution is 5.84. The van der Waals surface area contributed by atoms with Crippen molar-refractivity contribution in [2.45, 2.75) is 32.6 Å². The predicted molar refractivity (Wildman–Crippen MR) is 74.6 cm³/mol. The Balaban J connectivity index is 1.78. The highest BCUT2D eigenvalue weighted by Crippen LogP contribution is 2.23. The Kier molecular flexibility index (Phi) is 4.44. The van der Waals surface area contributed by atoms with Gasteiger partial charge in [-0.1, -0.05) is 0 Å². The molecule has 0 radical (unpaired) electrons. The zero-order chi connectivity index (χ0) is 13.7. The van der Waals surface area contributed by atoms with Gasteiger partial charge in [-0.3, -0.25) is 4.79 Å². The van der Waals surface area contributed by atoms with E-state index in [0.29, 0.717) is 13.0 Å². The third-order valence-electron chi connectivity index (χ3n) is 3.16. The molecule has 4 heteroatoms. The van der Waals surface area contributed by atoms with Crippen molar-refractivity contribution in [3.8, 4) is 5.75 Å². The number of nitrogens with one attached hydrogen (secondary N) is 1. The standard InChI is InChI=1S/C15H19NO3/c1-11-10-16-14-7-6-12(9-13(11)14)19-8-4-2-3-5-15(17)18/h6-7,9-10,16H,2-5,8H2,1H3,(H,17,18). The van der Waals surface area contributed by atoms with Crippen LogP contribution in [0.5, 0.6) is 5.75 Å². The van der Waals surface area contributed by atoms with Crippen LogP contribution in [0.4, 0.5) is 0 Å². The van der Waals surface area contributed by atoms with Crippen molar-refractivity contribution >= 4 is 16.9 Å². The van der Waals surface area contributed by atoms with E-state index in [1.54, 1.807) is 0 Å². The Bertz CT molecular complexity index is 560. The SMILES string of the molecule is Cc1c[nH]c2ccc(OCCCCCC(=O)O)cc12. The van der Waals surface area contributed by atoms with Crippen molar-refractivity contribution in [3.05, 3.63) is 30.0 Å². The monoisotopic (exact) mass is 261 g/mol. The number of H-pyrrole nitrogens is 1. The molecule has 1 heterocycles. The van der Waals surface area contributed by atoms with Gasteiger partial charge in [-0.2, -0.15) is 0 Å². The minimum atomic E-state index is -0.727. The molecule has 0 aliphatic carbocycles. The third kappa shape index (κ3) is 3.74. The molecule has 0 aliphatic rings. The molecule has 0 saturated heterocycles. The molecule has 0 aliphatic heterocycles. The van der Waals surface area contributed by atoms with Crippen molar-refractivity contribution in [1.29, 1.82) is 0 Å². The number of benzene rings is 1. The summed E-state index contributed by atoms with van der Waals surface area (Å²) in [6.45, 7) is 2.70. The fraction of sp³-hybridized carbons (Fsp3) is 0.400. The average molecular weight is 261 g/mol. The van der Waals surface area contributed by atoms with Gasteiger partial charge in [0.05, 0.1) is 6.61 Å². The summed E-state index contributed by atoms with van der Waals surface area (Å²) in [5.41, 5.74) is 2.33. The number of rotatable bonds is 7. The van der Waals surface area contributed by atoms with Crippen molar-refractivity contribution < 1.29 is 14.6 Å². The van der Waals surface area contributed by atoms with Gasteiger partial charge in [0.1, 0.15) is 5.75 Å². The lowest BCUT2D eigenvalue weighted by molar-refractivity contribution is -0.137. The van der Waals surface area contributed by atoms with E-state index >= 15 is 0 Å². The van der Waals surface area contributed by atoms with Crippen LogP contribution >= 0.6 is 0 Å². The van der Waals surface area contributed by atoms with Gasteiger partial charge in [0.25, 0.3) is 0 Å². The van der Waals surface area contributed by atoms with Gasteiger partial charge in [-0.05, 0) is 49.9 Å². The highest BCUT2D eigenvalue weighted by Gasteiger charge is 2.02. The molecule has 2 N–H and O–H groups in total. The van der Waals surface area contributed by atoms with Crippen LogP contribution in [0.1, 0.15) is 31.2 Å². The molecule has 2 aromatic rings. The van der Waals surface area contributed by atoms with E-state index in [9.17, 15) is 4.79 Å². The molecule has 0 bridgehead atoms. The summed E-state index contributed by atoms with van der Waals surface area (Å²) in [7, 11) is 0. The van der Waals surface area contributed by atoms with Gasteiger partial charge in [-0.15, -0.1) is 0 Å². The number of hydrogen-bond donors (Lipinski definition) is 2. The van der Waals surface area contributed by atoms with Gasteiger partial charge in [0.2, 0.25) is 0 Å². The van der Waals surface area contributed by atoms with E-state index in [2.05, 4.69) is 11.9 Å². The Morgan fingerprint density at radius 2 is 2.16 bits per heavy atom. The van der Waals surface area contributed by atoms with Gasteiger partial charge in [0.15, 0.2) is 0 Å². The Hall–Kier alpha value is -1.97. The fourth-order valence-corrected chi connectivity index (χ4v) is 2.07. The predicted octanol–water partition coefficient (Wildman–Crippen LogP) is 3.50. The largest absolute Gasteiger partial charge is 0.494 e. The molecule has 1 aromatic heterocycles. The second kappa shape index (κ2) is 6.27. The van der Waals surface area contributed by atoms with E-state index < -0.39 is 5.97 Å². The zero-order valence-electron chi connectivity index (χ0n) is 11.1. The van der Waals surface area contributed by atoms with Gasteiger partial charge < -0.3 is 14.8 Å². The van der Waals surface area contributed by atoms with Crippen LogP contribution in [-0.4, -0.2) is 22.7 Å². The van der Waals surface area contributed by atoms with Gasteiger partial charge in [0, 0.05) is 23.5 Å². The second-order valence-corrected chi connectivity index (χ2v) is 4.73. The maximum Gasteiger partial charge on any atom is 0.303 e. The van der Waals surface area contributed by atoms with Crippen molar-refractivity contribution in [1.82, 2.24) is 4.98 Å². The van der Waals surface area contributed by atoms with Gasteiger partial charge in [-0.25, -0.2) is 0 Å². The molecule has 2 rings (SSSR count). The Labute approximate surface area is 112 Å². The van der Waals surface area contributed by atoms with Crippen LogP contribution in [-0.2, 0) is 4.79 Å². The van der Waals surface area contributed by atoms with Crippen LogP contribution in [0, 0.1) is 6.92 Å². The summed E-state index contributed by atoms with van der Waals surface area (Å²) < 4.78 is 5.68. The first kappa shape index (κ1) is 13.5. The topological polar surface area (TPSA) is 62.3 Å². The molecule has 102 valence electrons. The summed E-state index contributed by atoms with van der Waals surface area (Å²) >= 11 is 0. The molecule has 1 aromatic carbocycles. The molecule has 19 heavy (non-hydrogen) atoms. The van der Waals surface area contributed by atoms with Crippen LogP contribution in [0.15, 0.2) is 24.4 Å². The van der Waals surface area contributed by atoms with Crippen molar-refractivity contribution in [3.63, 3.8) is 0 Å². The average Bonchev–Trinajstić information content (AvgIpc) is 2.75. The normalized spacial score (nSPS) is 10.8. The minimum Gasteiger partial charge on any atom is -0.494 e. The number of ether oxygens (including phenoxy) is 1. The highest BCUT2D eigenvalue weighted by atomic mass is 16.5. The number of aryl methyl sites for hydroxylation is 1. The summed E-state index contributed by atoms with van der Waals surface area (Å²) in [4.78, 5) is 13.5. The third-order valence-corrected chi connectivity index (χ3v) is 3.16. The molecular formula is C15H19NO3. The molecular weight excluding hydrogens is 242 g/mol. The zero-order valence-corrected chi connectivity index (χ0v) is 11.1. The molecule has 0 spiro atoms. The van der Waals surface area contributed by atoms with Crippen molar-refractivity contribution in [2.24, 2.45) is 0 Å². The first-order valence-electron chi connectivity index (χ1n) is 6.59. The lowest BCUT2D eigenvalue weighted by atomic mass is 10.2. The summed E-state index contributed by atoms with van der Waals surface area (Å²) in [5, 5.41) is 9.70. The molecule has 0 saturated carbocycles. The van der Waals surface area contributed by atoms with E-state index in [-0.39, 0.29) is 6.42 Å². The molecule has 4 nitrogen and oxygen atoms in total. The number of aromatic amines is 1. The van der Waals surface area contributed by atoms with E-state index in [0.717, 1.165) is 24.1 Å². The Morgan fingerprint density at radius 1 is 1.32 bits per heavy atom. The maximum absolute atomic E-state index is 10.4. The Morgan fingerprint density at radius 3 is 2.95 bits per heavy atom. The van der Waals surface area contributed by atoms with Gasteiger partial charge >= 0.3 is 5.97 Å². The summed E-state index contributed by atoms with van der Waals surface area (Å²) in [5.74, 6) is 0.141. The second-order valence-electron chi connectivity index (χ2n) is 4.73. The van der Waals surface area contributed by atoms with Crippen LogP contribution in [0.2, 0.25) is 0 Å². The smallest absolute Gasteiger partial charge is 0.303 e. The number of carboxylic acids is 1. The minimum absolute atomic E-state index is 0.245. The molecule has 0 atom stereocenters. The first-order valence-corrected chi connectivity index (χ1v) is 6.59. The quantitative estimate of drug-likeness (QED) is 0.750. The number of unbranched alkanes of at least 4 members (excludes halogenated alkanes) is 2. The number of aliphatic carboxylic acids is 1. The number of carbonyl (C=O) groups is 1. The molecule has 0 unspecified atom stereocenters. The summed E-state index contributed by atoms with van der Waals surface area (Å²) in [6.07, 6.45) is 4.72. The van der Waals surface area contributed by atoms with E-state index in [1.165, 1.54) is 10.9 Å². The number of carboxylic acid groups (broad SMARTS) is 1. The number of hydrogen-bond acceptors (Lipinski definition) is 2. The summed E-state index contributed by atoms with van der Waals surface area (Å²) in [6, 6.07) is 6.01. The van der Waals surface area contributed by atoms with E-state index in [1.807, 2.05) is 24.4 Å².